The van der Waals surface area contributed by atoms with Gasteiger partial charge in [0.15, 0.2) is 0 Å². The minimum absolute atomic E-state index is 0.195. The lowest BCUT2D eigenvalue weighted by atomic mass is 9.93. The quantitative estimate of drug-likeness (QED) is 0.413. The molecule has 0 spiro atoms. The summed E-state index contributed by atoms with van der Waals surface area (Å²) in [7, 11) is 0. The summed E-state index contributed by atoms with van der Waals surface area (Å²) in [5, 5.41) is 16.0. The Labute approximate surface area is 183 Å². The first kappa shape index (κ1) is 20.1. The Hall–Kier alpha value is -2.82. The zero-order chi connectivity index (χ0) is 21.0. The van der Waals surface area contributed by atoms with Crippen molar-refractivity contribution in [3.63, 3.8) is 0 Å². The zero-order valence-electron chi connectivity index (χ0n) is 17.8. The molecule has 1 aromatic heterocycles. The van der Waals surface area contributed by atoms with E-state index in [0.29, 0.717) is 6.61 Å². The number of nitrogens with one attached hydrogen (secondary N) is 1. The van der Waals surface area contributed by atoms with Gasteiger partial charge in [0.05, 0.1) is 11.6 Å². The monoisotopic (exact) mass is 414 g/mol. The topological polar surface area (TPSA) is 46.4 Å². The summed E-state index contributed by atoms with van der Waals surface area (Å²) in [5.74, 6) is 0.923. The highest BCUT2D eigenvalue weighted by atomic mass is 16.5. The van der Waals surface area contributed by atoms with E-state index in [4.69, 9.17) is 4.74 Å². The van der Waals surface area contributed by atoms with Crippen LogP contribution in [0.25, 0.3) is 21.8 Å². The molecule has 1 fully saturated rings. The van der Waals surface area contributed by atoms with Crippen molar-refractivity contribution in [2.24, 2.45) is 0 Å². The molecule has 160 valence electrons. The molecule has 2 atom stereocenters. The maximum Gasteiger partial charge on any atom is 0.129 e. The Morgan fingerprint density at radius 3 is 2.52 bits per heavy atom. The molecular weight excluding hydrogens is 384 g/mol. The molecule has 4 aromatic rings. The molecule has 0 saturated heterocycles. The summed E-state index contributed by atoms with van der Waals surface area (Å²) in [4.78, 5) is 0. The van der Waals surface area contributed by atoms with Crippen LogP contribution in [0.3, 0.4) is 0 Å². The first-order valence-electron chi connectivity index (χ1n) is 11.4. The summed E-state index contributed by atoms with van der Waals surface area (Å²) >= 11 is 0. The number of ether oxygens (including phenoxy) is 1. The number of aliphatic hydroxyl groups is 1. The Morgan fingerprint density at radius 2 is 1.65 bits per heavy atom. The summed E-state index contributed by atoms with van der Waals surface area (Å²) in [6, 6.07) is 25.7. The summed E-state index contributed by atoms with van der Waals surface area (Å²) < 4.78 is 8.64. The Bertz CT molecular complexity index is 1150. The van der Waals surface area contributed by atoms with Crippen molar-refractivity contribution >= 4 is 21.8 Å². The Balaban J connectivity index is 1.40. The molecule has 1 heterocycles. The molecule has 0 radical (unpaired) electrons. The summed E-state index contributed by atoms with van der Waals surface area (Å²) in [6.45, 7) is 2.15. The molecule has 0 aliphatic heterocycles. The van der Waals surface area contributed by atoms with Gasteiger partial charge in [-0.25, -0.2) is 0 Å². The van der Waals surface area contributed by atoms with E-state index < -0.39 is 0 Å². The third-order valence-corrected chi connectivity index (χ3v) is 6.44. The van der Waals surface area contributed by atoms with E-state index in [2.05, 4.69) is 82.7 Å². The molecule has 0 bridgehead atoms. The van der Waals surface area contributed by atoms with Gasteiger partial charge < -0.3 is 19.7 Å². The molecule has 5 rings (SSSR count). The average molecular weight is 415 g/mol. The molecule has 1 aliphatic carbocycles. The normalized spacial score (nSPS) is 19.1. The summed E-state index contributed by atoms with van der Waals surface area (Å²) in [5.41, 5.74) is 3.70. The van der Waals surface area contributed by atoms with Crippen molar-refractivity contribution in [3.8, 4) is 5.75 Å². The second kappa shape index (κ2) is 9.13. The smallest absolute Gasteiger partial charge is 0.129 e. The van der Waals surface area contributed by atoms with Gasteiger partial charge in [-0.05, 0) is 36.6 Å². The Kier molecular flexibility index (Phi) is 5.92. The number of nitrogens with zero attached hydrogens (tertiary/aromatic N) is 1. The van der Waals surface area contributed by atoms with Crippen molar-refractivity contribution in [3.05, 3.63) is 78.4 Å². The van der Waals surface area contributed by atoms with Crippen LogP contribution in [0, 0.1) is 0 Å². The van der Waals surface area contributed by atoms with Gasteiger partial charge >= 0.3 is 0 Å². The van der Waals surface area contributed by atoms with Gasteiger partial charge in [-0.2, -0.15) is 0 Å². The molecule has 2 N–H and O–H groups in total. The van der Waals surface area contributed by atoms with Crippen LogP contribution in [0.2, 0.25) is 0 Å². The molecule has 4 heteroatoms. The van der Waals surface area contributed by atoms with Gasteiger partial charge in [-0.3, -0.25) is 0 Å². The second-order valence-corrected chi connectivity index (χ2v) is 8.50. The average Bonchev–Trinajstić information content (AvgIpc) is 3.13. The van der Waals surface area contributed by atoms with Crippen molar-refractivity contribution in [2.75, 3.05) is 13.2 Å². The van der Waals surface area contributed by atoms with E-state index in [0.717, 1.165) is 38.1 Å². The van der Waals surface area contributed by atoms with Gasteiger partial charge in [-0.1, -0.05) is 67.4 Å². The van der Waals surface area contributed by atoms with Crippen molar-refractivity contribution in [1.29, 1.82) is 0 Å². The fourth-order valence-corrected chi connectivity index (χ4v) is 4.88. The molecule has 3 aromatic carbocycles. The van der Waals surface area contributed by atoms with Crippen LogP contribution in [0.15, 0.2) is 72.8 Å². The first-order valence-corrected chi connectivity index (χ1v) is 11.4. The predicted octanol–water partition coefficient (Wildman–Crippen LogP) is 5.11. The fourth-order valence-electron chi connectivity index (χ4n) is 4.88. The lowest BCUT2D eigenvalue weighted by Gasteiger charge is -2.28. The highest BCUT2D eigenvalue weighted by molar-refractivity contribution is 6.11. The largest absolute Gasteiger partial charge is 0.492 e. The van der Waals surface area contributed by atoms with Gasteiger partial charge in [0.25, 0.3) is 0 Å². The SMILES string of the molecule is O[C@H]1CCCCC1NCCOc1cccc2c1c1ccccc1n2Cc1ccccc1. The Morgan fingerprint density at radius 1 is 0.871 bits per heavy atom. The molecule has 4 nitrogen and oxygen atoms in total. The number of hydrogen-bond acceptors (Lipinski definition) is 3. The number of aromatic nitrogens is 1. The number of rotatable bonds is 7. The minimum atomic E-state index is -0.229. The lowest BCUT2D eigenvalue weighted by molar-refractivity contribution is 0.0890. The van der Waals surface area contributed by atoms with E-state index in [-0.39, 0.29) is 12.1 Å². The maximum atomic E-state index is 10.2. The number of fused-ring (bicyclic) bond motifs is 3. The van der Waals surface area contributed by atoms with Crippen LogP contribution in [-0.2, 0) is 6.54 Å². The zero-order valence-corrected chi connectivity index (χ0v) is 17.8. The molecule has 1 unspecified atom stereocenters. The molecule has 1 aliphatic rings. The fraction of sp³-hybridized carbons (Fsp3) is 0.333. The maximum absolute atomic E-state index is 10.2. The van der Waals surface area contributed by atoms with Crippen molar-refractivity contribution < 1.29 is 9.84 Å². The summed E-state index contributed by atoms with van der Waals surface area (Å²) in [6.07, 6.45) is 4.04. The second-order valence-electron chi connectivity index (χ2n) is 8.50. The highest BCUT2D eigenvalue weighted by Crippen LogP contribution is 2.36. The van der Waals surface area contributed by atoms with Crippen LogP contribution in [0.5, 0.6) is 5.75 Å². The lowest BCUT2D eigenvalue weighted by Crippen LogP contribution is -2.43. The van der Waals surface area contributed by atoms with Crippen molar-refractivity contribution in [1.82, 2.24) is 9.88 Å². The predicted molar refractivity (Wildman–Crippen MR) is 127 cm³/mol. The highest BCUT2D eigenvalue weighted by Gasteiger charge is 2.22. The van der Waals surface area contributed by atoms with Crippen LogP contribution in [0.1, 0.15) is 31.2 Å². The van der Waals surface area contributed by atoms with Gasteiger partial charge in [0, 0.05) is 35.4 Å². The van der Waals surface area contributed by atoms with Crippen LogP contribution < -0.4 is 10.1 Å². The van der Waals surface area contributed by atoms with Crippen LogP contribution in [-0.4, -0.2) is 35.0 Å². The van der Waals surface area contributed by atoms with Crippen LogP contribution in [0.4, 0.5) is 0 Å². The third-order valence-electron chi connectivity index (χ3n) is 6.44. The number of hydrogen-bond donors (Lipinski definition) is 2. The standard InChI is InChI=1S/C27H30N2O2/c30-25-15-7-5-12-22(25)28-17-18-31-26-16-8-14-24-27(26)21-11-4-6-13-23(21)29(24)19-20-9-2-1-3-10-20/h1-4,6,8-11,13-14,16,22,25,28,30H,5,7,12,15,17-19H2/t22?,25-/m0/s1. The molecule has 1 saturated carbocycles. The number of benzene rings is 3. The van der Waals surface area contributed by atoms with E-state index in [1.165, 1.54) is 33.8 Å². The molecule has 0 amide bonds. The molecule has 31 heavy (non-hydrogen) atoms. The van der Waals surface area contributed by atoms with Crippen molar-refractivity contribution in [2.45, 2.75) is 44.4 Å². The van der Waals surface area contributed by atoms with E-state index in [1.54, 1.807) is 0 Å². The van der Waals surface area contributed by atoms with Gasteiger partial charge in [-0.15, -0.1) is 0 Å². The van der Waals surface area contributed by atoms with E-state index in [9.17, 15) is 5.11 Å². The number of para-hydroxylation sites is 1. The first-order chi connectivity index (χ1) is 15.3. The minimum Gasteiger partial charge on any atom is -0.492 e. The number of aliphatic hydroxyl groups excluding tert-OH is 1. The molecular formula is C27H30N2O2. The third kappa shape index (κ3) is 4.18. The van der Waals surface area contributed by atoms with E-state index >= 15 is 0 Å². The van der Waals surface area contributed by atoms with Crippen LogP contribution >= 0.6 is 0 Å². The van der Waals surface area contributed by atoms with Gasteiger partial charge in [0.1, 0.15) is 12.4 Å². The van der Waals surface area contributed by atoms with Gasteiger partial charge in [0.2, 0.25) is 0 Å². The van der Waals surface area contributed by atoms with E-state index in [1.807, 2.05) is 0 Å².